The van der Waals surface area contributed by atoms with Gasteiger partial charge in [0.1, 0.15) is 0 Å². The van der Waals surface area contributed by atoms with Gasteiger partial charge in [0.05, 0.1) is 11.0 Å². The molecule has 0 aromatic rings. The van der Waals surface area contributed by atoms with E-state index >= 15 is 0 Å². The maximum atomic E-state index is 12.1. The van der Waals surface area contributed by atoms with Crippen LogP contribution in [0.1, 0.15) is 40.0 Å². The van der Waals surface area contributed by atoms with Crippen molar-refractivity contribution in [1.29, 1.82) is 0 Å². The fourth-order valence-electron chi connectivity index (χ4n) is 2.39. The molecule has 1 saturated heterocycles. The molecule has 106 valence electrons. The Kier molecular flexibility index (Phi) is 4.46. The zero-order chi connectivity index (χ0) is 14.7. The van der Waals surface area contributed by atoms with Gasteiger partial charge in [-0.2, -0.15) is 0 Å². The summed E-state index contributed by atoms with van der Waals surface area (Å²) in [4.78, 5) is 25.0. The van der Waals surface area contributed by atoms with Crippen molar-refractivity contribution >= 4 is 12.0 Å². The van der Waals surface area contributed by atoms with Crippen LogP contribution in [0.15, 0.2) is 0 Å². The Bertz CT molecular complexity index is 411. The number of nitrogens with one attached hydrogen (secondary N) is 1. The summed E-state index contributed by atoms with van der Waals surface area (Å²) in [6.45, 7) is 6.13. The monoisotopic (exact) mass is 266 g/mol. The van der Waals surface area contributed by atoms with Crippen LogP contribution < -0.4 is 5.32 Å². The topological polar surface area (TPSA) is 69.6 Å². The predicted octanol–water partition coefficient (Wildman–Crippen LogP) is 1.68. The number of hydrogen-bond acceptors (Lipinski definition) is 2. The van der Waals surface area contributed by atoms with Gasteiger partial charge in [-0.25, -0.2) is 4.79 Å². The van der Waals surface area contributed by atoms with Crippen LogP contribution in [-0.4, -0.2) is 40.6 Å². The molecule has 2 N–H and O–H groups in total. The maximum Gasteiger partial charge on any atom is 0.318 e. The number of carboxylic acid groups (broad SMARTS) is 1. The Hall–Kier alpha value is -1.70. The van der Waals surface area contributed by atoms with Gasteiger partial charge < -0.3 is 15.3 Å². The molecule has 0 aliphatic carbocycles. The van der Waals surface area contributed by atoms with E-state index in [4.69, 9.17) is 6.42 Å². The highest BCUT2D eigenvalue weighted by molar-refractivity contribution is 5.80. The Balaban J connectivity index is 2.72. The van der Waals surface area contributed by atoms with E-state index in [9.17, 15) is 14.7 Å². The Labute approximate surface area is 114 Å². The van der Waals surface area contributed by atoms with Crippen molar-refractivity contribution in [1.82, 2.24) is 10.2 Å². The maximum absolute atomic E-state index is 12.1. The van der Waals surface area contributed by atoms with Gasteiger partial charge in [0.25, 0.3) is 0 Å². The molecule has 0 spiro atoms. The molecule has 2 amide bonds. The van der Waals surface area contributed by atoms with E-state index < -0.39 is 16.9 Å². The Morgan fingerprint density at radius 1 is 1.53 bits per heavy atom. The zero-order valence-electron chi connectivity index (χ0n) is 11.8. The SMILES string of the molecule is C#CC(C)(C)NC(=O)N1CCC(CCC)(C(=O)O)C1. The van der Waals surface area contributed by atoms with Gasteiger partial charge in [0, 0.05) is 13.1 Å². The minimum absolute atomic E-state index is 0.253. The van der Waals surface area contributed by atoms with Crippen molar-refractivity contribution in [3.8, 4) is 12.3 Å². The Morgan fingerprint density at radius 3 is 2.63 bits per heavy atom. The third-order valence-electron chi connectivity index (χ3n) is 3.60. The van der Waals surface area contributed by atoms with Crippen LogP contribution in [0.25, 0.3) is 0 Å². The number of urea groups is 1. The molecule has 0 aromatic heterocycles. The van der Waals surface area contributed by atoms with Crippen LogP contribution in [0.5, 0.6) is 0 Å². The lowest BCUT2D eigenvalue weighted by Gasteiger charge is -2.27. The molecule has 19 heavy (non-hydrogen) atoms. The minimum Gasteiger partial charge on any atom is -0.481 e. The van der Waals surface area contributed by atoms with Crippen LogP contribution in [0.4, 0.5) is 4.79 Å². The smallest absolute Gasteiger partial charge is 0.318 e. The molecule has 1 aliphatic rings. The highest BCUT2D eigenvalue weighted by Gasteiger charge is 2.45. The molecule has 0 radical (unpaired) electrons. The molecule has 0 bridgehead atoms. The average Bonchev–Trinajstić information content (AvgIpc) is 2.75. The number of carbonyl (C=O) groups is 2. The van der Waals surface area contributed by atoms with Crippen molar-refractivity contribution in [2.75, 3.05) is 13.1 Å². The summed E-state index contributed by atoms with van der Waals surface area (Å²) in [5, 5.41) is 12.1. The lowest BCUT2D eigenvalue weighted by molar-refractivity contribution is -0.148. The van der Waals surface area contributed by atoms with Crippen molar-refractivity contribution in [2.24, 2.45) is 5.41 Å². The summed E-state index contributed by atoms with van der Waals surface area (Å²) in [7, 11) is 0. The highest BCUT2D eigenvalue weighted by Crippen LogP contribution is 2.35. The molecule has 1 rings (SSSR count). The van der Waals surface area contributed by atoms with E-state index in [1.54, 1.807) is 18.7 Å². The van der Waals surface area contributed by atoms with Gasteiger partial charge in [-0.3, -0.25) is 4.79 Å². The van der Waals surface area contributed by atoms with Crippen LogP contribution in [0, 0.1) is 17.8 Å². The third kappa shape index (κ3) is 3.40. The molecule has 5 heteroatoms. The van der Waals surface area contributed by atoms with Gasteiger partial charge in [0.2, 0.25) is 0 Å². The number of rotatable bonds is 4. The molecule has 0 aromatic carbocycles. The number of amides is 2. The second-order valence-corrected chi connectivity index (χ2v) is 5.71. The van der Waals surface area contributed by atoms with Gasteiger partial charge in [-0.05, 0) is 26.7 Å². The van der Waals surface area contributed by atoms with Crippen LogP contribution in [0.3, 0.4) is 0 Å². The Morgan fingerprint density at radius 2 is 2.16 bits per heavy atom. The van der Waals surface area contributed by atoms with Crippen LogP contribution in [-0.2, 0) is 4.79 Å². The first-order valence-electron chi connectivity index (χ1n) is 6.54. The third-order valence-corrected chi connectivity index (χ3v) is 3.60. The second-order valence-electron chi connectivity index (χ2n) is 5.71. The van der Waals surface area contributed by atoms with Crippen molar-refractivity contribution in [3.63, 3.8) is 0 Å². The first kappa shape index (κ1) is 15.4. The fourth-order valence-corrected chi connectivity index (χ4v) is 2.39. The van der Waals surface area contributed by atoms with Gasteiger partial charge in [-0.1, -0.05) is 19.3 Å². The van der Waals surface area contributed by atoms with E-state index in [1.165, 1.54) is 0 Å². The second kappa shape index (κ2) is 5.52. The van der Waals surface area contributed by atoms with Crippen molar-refractivity contribution in [3.05, 3.63) is 0 Å². The van der Waals surface area contributed by atoms with E-state index in [2.05, 4.69) is 11.2 Å². The predicted molar refractivity (Wildman–Crippen MR) is 72.6 cm³/mol. The van der Waals surface area contributed by atoms with Crippen LogP contribution in [0.2, 0.25) is 0 Å². The number of likely N-dealkylation sites (tertiary alicyclic amines) is 1. The summed E-state index contributed by atoms with van der Waals surface area (Å²) in [5.74, 6) is 1.67. The molecule has 1 aliphatic heterocycles. The number of carboxylic acids is 1. The van der Waals surface area contributed by atoms with E-state index in [-0.39, 0.29) is 12.6 Å². The average molecular weight is 266 g/mol. The van der Waals surface area contributed by atoms with Crippen LogP contribution >= 0.6 is 0 Å². The van der Waals surface area contributed by atoms with E-state index in [1.807, 2.05) is 6.92 Å². The molecular formula is C14H22N2O3. The summed E-state index contributed by atoms with van der Waals surface area (Å²) in [6.07, 6.45) is 7.20. The first-order chi connectivity index (χ1) is 8.76. The number of nitrogens with zero attached hydrogens (tertiary/aromatic N) is 1. The van der Waals surface area contributed by atoms with Crippen molar-refractivity contribution in [2.45, 2.75) is 45.6 Å². The van der Waals surface area contributed by atoms with E-state index in [0.717, 1.165) is 6.42 Å². The van der Waals surface area contributed by atoms with Gasteiger partial charge >= 0.3 is 12.0 Å². The molecular weight excluding hydrogens is 244 g/mol. The van der Waals surface area contributed by atoms with E-state index in [0.29, 0.717) is 19.4 Å². The highest BCUT2D eigenvalue weighted by atomic mass is 16.4. The minimum atomic E-state index is -0.819. The molecule has 1 atom stereocenters. The molecule has 5 nitrogen and oxygen atoms in total. The summed E-state index contributed by atoms with van der Waals surface area (Å²) in [6, 6.07) is -0.290. The molecule has 1 heterocycles. The summed E-state index contributed by atoms with van der Waals surface area (Å²) < 4.78 is 0. The standard InChI is InChI=1S/C14H22N2O3/c1-5-7-14(11(17)18)8-9-16(10-14)12(19)15-13(3,4)6-2/h2H,5,7-10H2,1,3-4H3,(H,15,19)(H,17,18). The summed E-state index contributed by atoms with van der Waals surface area (Å²) in [5.41, 5.74) is -1.53. The van der Waals surface area contributed by atoms with Crippen molar-refractivity contribution < 1.29 is 14.7 Å². The zero-order valence-corrected chi connectivity index (χ0v) is 11.8. The number of hydrogen-bond donors (Lipinski definition) is 2. The molecule has 1 unspecified atom stereocenters. The molecule has 0 saturated carbocycles. The lowest BCUT2D eigenvalue weighted by atomic mass is 9.83. The largest absolute Gasteiger partial charge is 0.481 e. The number of terminal acetylenes is 1. The first-order valence-corrected chi connectivity index (χ1v) is 6.54. The lowest BCUT2D eigenvalue weighted by Crippen LogP contribution is -2.49. The molecule has 1 fully saturated rings. The number of aliphatic carboxylic acids is 1. The summed E-state index contributed by atoms with van der Waals surface area (Å²) >= 11 is 0. The fraction of sp³-hybridized carbons (Fsp3) is 0.714. The quantitative estimate of drug-likeness (QED) is 0.761. The number of carbonyl (C=O) groups excluding carboxylic acids is 1. The normalized spacial score (nSPS) is 22.9. The van der Waals surface area contributed by atoms with Gasteiger partial charge in [-0.15, -0.1) is 6.42 Å². The van der Waals surface area contributed by atoms with Gasteiger partial charge in [0.15, 0.2) is 0 Å².